The molecular weight excluding hydrogens is 627 g/mol. The first-order valence-electron chi connectivity index (χ1n) is 16.7. The predicted octanol–water partition coefficient (Wildman–Crippen LogP) is 10.9. The molecule has 6 nitrogen and oxygen atoms in total. The summed E-state index contributed by atoms with van der Waals surface area (Å²) in [6.45, 7) is 22.3. The number of hydrogen-bond donors (Lipinski definition) is 1. The standard InChI is InChI=1S/C40H49N3O3Si2/c1-39(2,3)47(7,8)45-31-22-18-28(19-23-31)26-36(44)43-38-37(34-17-13-15-29-14-11-12-16-33(29)34)42-35(27-41-38)30-20-24-32(25-21-30)46-48(9,10)40(4,5)6/h11-25,27H,26H2,1-10H3,(H,41,43,44). The molecule has 0 aliphatic rings. The summed E-state index contributed by atoms with van der Waals surface area (Å²) < 4.78 is 12.9. The Labute approximate surface area is 288 Å². The second-order valence-corrected chi connectivity index (χ2v) is 25.0. The summed E-state index contributed by atoms with van der Waals surface area (Å²) in [5.41, 5.74) is 4.06. The van der Waals surface area contributed by atoms with Crippen LogP contribution in [0.3, 0.4) is 0 Å². The third kappa shape index (κ3) is 7.88. The monoisotopic (exact) mass is 675 g/mol. The molecule has 5 rings (SSSR count). The number of carbonyl (C=O) groups is 1. The summed E-state index contributed by atoms with van der Waals surface area (Å²) in [7, 11) is -3.92. The van der Waals surface area contributed by atoms with Crippen molar-refractivity contribution in [3.05, 3.63) is 103 Å². The maximum atomic E-state index is 13.4. The van der Waals surface area contributed by atoms with E-state index in [9.17, 15) is 4.79 Å². The number of nitrogens with one attached hydrogen (secondary N) is 1. The van der Waals surface area contributed by atoms with Crippen LogP contribution in [0.4, 0.5) is 5.82 Å². The first-order valence-corrected chi connectivity index (χ1v) is 22.5. The van der Waals surface area contributed by atoms with Gasteiger partial charge in [-0.25, -0.2) is 9.97 Å². The molecule has 0 saturated carbocycles. The zero-order valence-electron chi connectivity index (χ0n) is 30.1. The van der Waals surface area contributed by atoms with E-state index >= 15 is 0 Å². The van der Waals surface area contributed by atoms with Crippen LogP contribution in [0, 0.1) is 0 Å². The Hall–Kier alpha value is -4.28. The number of amides is 1. The normalized spacial score (nSPS) is 12.5. The number of carbonyl (C=O) groups excluding carboxylic acids is 1. The lowest BCUT2D eigenvalue weighted by atomic mass is 10.0. The summed E-state index contributed by atoms with van der Waals surface area (Å²) in [6.07, 6.45) is 1.93. The van der Waals surface area contributed by atoms with Crippen molar-refractivity contribution in [1.82, 2.24) is 9.97 Å². The molecule has 0 fully saturated rings. The molecule has 8 heteroatoms. The van der Waals surface area contributed by atoms with E-state index in [4.69, 9.17) is 18.8 Å². The highest BCUT2D eigenvalue weighted by atomic mass is 28.4. The highest BCUT2D eigenvalue weighted by Gasteiger charge is 2.39. The van der Waals surface area contributed by atoms with E-state index in [1.54, 1.807) is 6.20 Å². The van der Waals surface area contributed by atoms with E-state index < -0.39 is 16.6 Å². The number of fused-ring (bicyclic) bond motifs is 1. The van der Waals surface area contributed by atoms with E-state index in [0.29, 0.717) is 17.2 Å². The fourth-order valence-electron chi connectivity index (χ4n) is 4.87. The molecule has 1 heterocycles. The van der Waals surface area contributed by atoms with E-state index in [2.05, 4.69) is 91.2 Å². The van der Waals surface area contributed by atoms with Gasteiger partial charge in [0.2, 0.25) is 22.5 Å². The molecule has 0 saturated heterocycles. The van der Waals surface area contributed by atoms with E-state index in [1.807, 2.05) is 72.8 Å². The number of rotatable bonds is 9. The topological polar surface area (TPSA) is 73.3 Å². The highest BCUT2D eigenvalue weighted by molar-refractivity contribution is 6.75. The average Bonchev–Trinajstić information content (AvgIpc) is 3.01. The van der Waals surface area contributed by atoms with Gasteiger partial charge >= 0.3 is 0 Å². The van der Waals surface area contributed by atoms with Crippen LogP contribution in [0.15, 0.2) is 97.2 Å². The van der Waals surface area contributed by atoms with E-state index in [1.165, 1.54) is 0 Å². The van der Waals surface area contributed by atoms with Gasteiger partial charge < -0.3 is 14.2 Å². The van der Waals surface area contributed by atoms with Crippen molar-refractivity contribution in [3.63, 3.8) is 0 Å². The Morgan fingerprint density at radius 3 is 1.83 bits per heavy atom. The molecule has 5 aromatic rings. The molecule has 0 aliphatic heterocycles. The van der Waals surface area contributed by atoms with Gasteiger partial charge in [0.25, 0.3) is 0 Å². The lowest BCUT2D eigenvalue weighted by Crippen LogP contribution is -2.43. The van der Waals surface area contributed by atoms with Gasteiger partial charge in [-0.2, -0.15) is 0 Å². The SMILES string of the molecule is CC(C)(C)[Si](C)(C)Oc1ccc(CC(=O)Nc2ncc(-c3ccc(O[Si](C)(C)C(C)(C)C)cc3)nc2-c2cccc3ccccc23)cc1. The third-order valence-corrected chi connectivity index (χ3v) is 18.6. The Morgan fingerprint density at radius 2 is 1.25 bits per heavy atom. The lowest BCUT2D eigenvalue weighted by molar-refractivity contribution is -0.115. The summed E-state index contributed by atoms with van der Waals surface area (Å²) in [4.78, 5) is 23.3. The van der Waals surface area contributed by atoms with Gasteiger partial charge in [0.05, 0.1) is 18.3 Å². The molecule has 4 aromatic carbocycles. The van der Waals surface area contributed by atoms with Crippen molar-refractivity contribution >= 4 is 39.1 Å². The number of anilines is 1. The largest absolute Gasteiger partial charge is 0.544 e. The molecule has 0 unspecified atom stereocenters. The number of hydrogen-bond acceptors (Lipinski definition) is 5. The third-order valence-electron chi connectivity index (χ3n) is 9.87. The summed E-state index contributed by atoms with van der Waals surface area (Å²) in [5.74, 6) is 1.96. The number of aromatic nitrogens is 2. The van der Waals surface area contributed by atoms with Crippen molar-refractivity contribution in [1.29, 1.82) is 0 Å². The Balaban J connectivity index is 1.42. The van der Waals surface area contributed by atoms with Gasteiger partial charge in [0.15, 0.2) is 5.82 Å². The van der Waals surface area contributed by atoms with Crippen molar-refractivity contribution in [2.75, 3.05) is 5.32 Å². The minimum absolute atomic E-state index is 0.104. The molecule has 1 amide bonds. The van der Waals surface area contributed by atoms with Gasteiger partial charge in [0, 0.05) is 11.1 Å². The van der Waals surface area contributed by atoms with Crippen molar-refractivity contribution in [2.24, 2.45) is 0 Å². The van der Waals surface area contributed by atoms with Crippen LogP contribution in [0.5, 0.6) is 11.5 Å². The number of benzene rings is 4. The maximum Gasteiger partial charge on any atom is 0.250 e. The molecule has 48 heavy (non-hydrogen) atoms. The first-order chi connectivity index (χ1) is 22.4. The van der Waals surface area contributed by atoms with Crippen LogP contribution in [0.2, 0.25) is 36.3 Å². The maximum absolute atomic E-state index is 13.4. The van der Waals surface area contributed by atoms with Crippen molar-refractivity contribution in [2.45, 2.75) is 84.2 Å². The molecule has 1 aromatic heterocycles. The summed E-state index contributed by atoms with van der Waals surface area (Å²) in [5, 5.41) is 5.41. The van der Waals surface area contributed by atoms with Gasteiger partial charge in [-0.05, 0) is 89.0 Å². The molecule has 250 valence electrons. The zero-order chi connectivity index (χ0) is 34.9. The Kier molecular flexibility index (Phi) is 9.72. The lowest BCUT2D eigenvalue weighted by Gasteiger charge is -2.36. The van der Waals surface area contributed by atoms with Crippen molar-refractivity contribution in [3.8, 4) is 34.0 Å². The van der Waals surface area contributed by atoms with Gasteiger partial charge in [-0.15, -0.1) is 0 Å². The van der Waals surface area contributed by atoms with E-state index in [0.717, 1.165) is 39.0 Å². The van der Waals surface area contributed by atoms with Crippen LogP contribution in [-0.4, -0.2) is 32.5 Å². The highest BCUT2D eigenvalue weighted by Crippen LogP contribution is 2.39. The molecule has 0 atom stereocenters. The van der Waals surface area contributed by atoms with Crippen LogP contribution in [0.25, 0.3) is 33.3 Å². The smallest absolute Gasteiger partial charge is 0.250 e. The second kappa shape index (κ2) is 13.3. The van der Waals surface area contributed by atoms with Crippen LogP contribution in [-0.2, 0) is 11.2 Å². The van der Waals surface area contributed by atoms with Crippen LogP contribution < -0.4 is 14.2 Å². The quantitative estimate of drug-likeness (QED) is 0.157. The first kappa shape index (κ1) is 35.0. The molecule has 0 bridgehead atoms. The summed E-state index contributed by atoms with van der Waals surface area (Å²) in [6, 6.07) is 30.2. The van der Waals surface area contributed by atoms with Crippen LogP contribution in [0.1, 0.15) is 47.1 Å². The van der Waals surface area contributed by atoms with E-state index in [-0.39, 0.29) is 22.4 Å². The predicted molar refractivity (Wildman–Crippen MR) is 205 cm³/mol. The second-order valence-electron chi connectivity index (χ2n) is 15.6. The molecule has 0 aliphatic carbocycles. The zero-order valence-corrected chi connectivity index (χ0v) is 32.1. The number of nitrogens with zero attached hydrogens (tertiary/aromatic N) is 2. The Morgan fingerprint density at radius 1 is 0.708 bits per heavy atom. The molecular formula is C40H49N3O3Si2. The average molecular weight is 676 g/mol. The Bertz CT molecular complexity index is 1900. The van der Waals surface area contributed by atoms with Crippen LogP contribution >= 0.6 is 0 Å². The minimum atomic E-state index is -1.97. The molecule has 1 N–H and O–H groups in total. The van der Waals surface area contributed by atoms with Gasteiger partial charge in [-0.3, -0.25) is 4.79 Å². The van der Waals surface area contributed by atoms with Gasteiger partial charge in [-0.1, -0.05) is 96.1 Å². The van der Waals surface area contributed by atoms with Crippen molar-refractivity contribution < 1.29 is 13.6 Å². The molecule has 0 spiro atoms. The van der Waals surface area contributed by atoms with Gasteiger partial charge in [0.1, 0.15) is 17.2 Å². The minimum Gasteiger partial charge on any atom is -0.544 e. The molecule has 0 radical (unpaired) electrons. The fourth-order valence-corrected chi connectivity index (χ4v) is 6.93. The fraction of sp³-hybridized carbons (Fsp3) is 0.325. The summed E-state index contributed by atoms with van der Waals surface area (Å²) >= 11 is 0.